The Morgan fingerprint density at radius 2 is 2.11 bits per heavy atom. The van der Waals surface area contributed by atoms with Gasteiger partial charge in [-0.25, -0.2) is 4.39 Å². The van der Waals surface area contributed by atoms with Crippen LogP contribution >= 0.6 is 15.9 Å². The molecular weight excluding hydrogens is 299 g/mol. The third-order valence-electron chi connectivity index (χ3n) is 2.59. The zero-order chi connectivity index (χ0) is 13.9. The van der Waals surface area contributed by atoms with Gasteiger partial charge in [0.2, 0.25) is 5.91 Å². The first-order valence-electron chi connectivity index (χ1n) is 5.83. The van der Waals surface area contributed by atoms with E-state index in [9.17, 15) is 9.18 Å². The SMILES string of the molecule is Cc1cc(Br)c(F)cc1NC(=O)[C@@H](N)CC(C)C. The second-order valence-electron chi connectivity index (χ2n) is 4.81. The van der Waals surface area contributed by atoms with Crippen molar-refractivity contribution in [1.82, 2.24) is 0 Å². The number of rotatable bonds is 4. The van der Waals surface area contributed by atoms with E-state index >= 15 is 0 Å². The molecule has 1 atom stereocenters. The molecule has 0 aromatic heterocycles. The van der Waals surface area contributed by atoms with E-state index in [1.54, 1.807) is 13.0 Å². The topological polar surface area (TPSA) is 55.1 Å². The Labute approximate surface area is 115 Å². The molecule has 0 bridgehead atoms. The van der Waals surface area contributed by atoms with Crippen LogP contribution in [0.3, 0.4) is 0 Å². The minimum atomic E-state index is -0.573. The van der Waals surface area contributed by atoms with Crippen molar-refractivity contribution in [2.45, 2.75) is 33.2 Å². The average molecular weight is 317 g/mol. The summed E-state index contributed by atoms with van der Waals surface area (Å²) in [5, 5.41) is 2.66. The van der Waals surface area contributed by atoms with E-state index in [4.69, 9.17) is 5.73 Å². The summed E-state index contributed by atoms with van der Waals surface area (Å²) in [5.74, 6) is -0.352. The molecule has 0 aliphatic rings. The van der Waals surface area contributed by atoms with Crippen molar-refractivity contribution < 1.29 is 9.18 Å². The fourth-order valence-electron chi connectivity index (χ4n) is 1.62. The van der Waals surface area contributed by atoms with Crippen molar-refractivity contribution in [3.63, 3.8) is 0 Å². The second kappa shape index (κ2) is 6.29. The van der Waals surface area contributed by atoms with Crippen LogP contribution in [0.25, 0.3) is 0 Å². The maximum absolute atomic E-state index is 13.4. The number of carbonyl (C=O) groups is 1. The lowest BCUT2D eigenvalue weighted by Gasteiger charge is -2.15. The van der Waals surface area contributed by atoms with Crippen LogP contribution in [-0.2, 0) is 4.79 Å². The zero-order valence-electron chi connectivity index (χ0n) is 10.8. The molecule has 0 fully saturated rings. The summed E-state index contributed by atoms with van der Waals surface area (Å²) in [6.45, 7) is 5.79. The van der Waals surface area contributed by atoms with Gasteiger partial charge in [-0.2, -0.15) is 0 Å². The molecule has 3 N–H and O–H groups in total. The van der Waals surface area contributed by atoms with E-state index in [0.29, 0.717) is 22.5 Å². The van der Waals surface area contributed by atoms with Crippen molar-refractivity contribution in [3.8, 4) is 0 Å². The van der Waals surface area contributed by atoms with Crippen molar-refractivity contribution in [3.05, 3.63) is 28.0 Å². The molecule has 100 valence electrons. The van der Waals surface area contributed by atoms with Gasteiger partial charge in [0.05, 0.1) is 10.5 Å². The van der Waals surface area contributed by atoms with Crippen LogP contribution in [0.15, 0.2) is 16.6 Å². The van der Waals surface area contributed by atoms with Crippen molar-refractivity contribution in [1.29, 1.82) is 0 Å². The normalized spacial score (nSPS) is 12.6. The van der Waals surface area contributed by atoms with E-state index in [1.807, 2.05) is 13.8 Å². The highest BCUT2D eigenvalue weighted by atomic mass is 79.9. The molecule has 0 aliphatic carbocycles. The maximum atomic E-state index is 13.4. The highest BCUT2D eigenvalue weighted by Crippen LogP contribution is 2.24. The number of amides is 1. The summed E-state index contributed by atoms with van der Waals surface area (Å²) >= 11 is 3.10. The van der Waals surface area contributed by atoms with Gasteiger partial charge >= 0.3 is 0 Å². The Hall–Kier alpha value is -0.940. The van der Waals surface area contributed by atoms with E-state index in [-0.39, 0.29) is 5.91 Å². The quantitative estimate of drug-likeness (QED) is 0.896. The highest BCUT2D eigenvalue weighted by Gasteiger charge is 2.16. The summed E-state index contributed by atoms with van der Waals surface area (Å²) in [6.07, 6.45) is 0.601. The van der Waals surface area contributed by atoms with Crippen molar-refractivity contribution >= 4 is 27.5 Å². The molecule has 0 aliphatic heterocycles. The predicted octanol–water partition coefficient (Wildman–Crippen LogP) is 3.21. The summed E-state index contributed by atoms with van der Waals surface area (Å²) in [6, 6.07) is 2.34. The largest absolute Gasteiger partial charge is 0.324 e. The van der Waals surface area contributed by atoms with Crippen molar-refractivity contribution in [2.24, 2.45) is 11.7 Å². The number of hydrogen-bond acceptors (Lipinski definition) is 2. The van der Waals surface area contributed by atoms with Crippen LogP contribution in [0.5, 0.6) is 0 Å². The molecular formula is C13H18BrFN2O. The number of aryl methyl sites for hydroxylation is 1. The van der Waals surface area contributed by atoms with Crippen LogP contribution in [0.1, 0.15) is 25.8 Å². The smallest absolute Gasteiger partial charge is 0.241 e. The fourth-order valence-corrected chi connectivity index (χ4v) is 2.08. The lowest BCUT2D eigenvalue weighted by atomic mass is 10.0. The third-order valence-corrected chi connectivity index (χ3v) is 3.19. The number of hydrogen-bond donors (Lipinski definition) is 2. The van der Waals surface area contributed by atoms with Crippen LogP contribution in [0, 0.1) is 18.7 Å². The summed E-state index contributed by atoms with van der Waals surface area (Å²) < 4.78 is 13.8. The molecule has 0 heterocycles. The molecule has 5 heteroatoms. The predicted molar refractivity (Wildman–Crippen MR) is 74.9 cm³/mol. The van der Waals surface area contributed by atoms with E-state index < -0.39 is 11.9 Å². The molecule has 1 aromatic rings. The maximum Gasteiger partial charge on any atom is 0.241 e. The fraction of sp³-hybridized carbons (Fsp3) is 0.462. The van der Waals surface area contributed by atoms with Crippen molar-refractivity contribution in [2.75, 3.05) is 5.32 Å². The van der Waals surface area contributed by atoms with Crippen LogP contribution in [-0.4, -0.2) is 11.9 Å². The van der Waals surface area contributed by atoms with Crippen LogP contribution in [0.4, 0.5) is 10.1 Å². The van der Waals surface area contributed by atoms with Gasteiger partial charge in [-0.15, -0.1) is 0 Å². The first kappa shape index (κ1) is 15.1. The number of carbonyl (C=O) groups excluding carboxylic acids is 1. The molecule has 1 aromatic carbocycles. The summed E-state index contributed by atoms with van der Waals surface area (Å²) in [7, 11) is 0. The Morgan fingerprint density at radius 1 is 1.50 bits per heavy atom. The molecule has 0 saturated carbocycles. The Bertz CT molecular complexity index is 449. The first-order valence-corrected chi connectivity index (χ1v) is 6.62. The van der Waals surface area contributed by atoms with Gasteiger partial charge in [0, 0.05) is 5.69 Å². The van der Waals surface area contributed by atoms with E-state index in [2.05, 4.69) is 21.2 Å². The lowest BCUT2D eigenvalue weighted by molar-refractivity contribution is -0.117. The number of nitrogens with two attached hydrogens (primary N) is 1. The Kier molecular flexibility index (Phi) is 5.28. The lowest BCUT2D eigenvalue weighted by Crippen LogP contribution is -2.36. The third kappa shape index (κ3) is 4.07. The number of anilines is 1. The van der Waals surface area contributed by atoms with E-state index in [0.717, 1.165) is 5.56 Å². The standard InChI is InChI=1S/C13H18BrFN2O/c1-7(2)4-11(16)13(18)17-12-6-10(15)9(14)5-8(12)3/h5-7,11H,4,16H2,1-3H3,(H,17,18)/t11-/m0/s1. The van der Waals surface area contributed by atoms with Crippen LogP contribution < -0.4 is 11.1 Å². The number of nitrogens with one attached hydrogen (secondary N) is 1. The van der Waals surface area contributed by atoms with Gasteiger partial charge in [0.1, 0.15) is 5.82 Å². The summed E-state index contributed by atoms with van der Waals surface area (Å²) in [5.41, 5.74) is 7.01. The Morgan fingerprint density at radius 3 is 2.67 bits per heavy atom. The van der Waals surface area contributed by atoms with Gasteiger partial charge < -0.3 is 11.1 Å². The second-order valence-corrected chi connectivity index (χ2v) is 5.66. The number of benzene rings is 1. The molecule has 18 heavy (non-hydrogen) atoms. The molecule has 0 unspecified atom stereocenters. The average Bonchev–Trinajstić information content (AvgIpc) is 2.24. The molecule has 3 nitrogen and oxygen atoms in total. The van der Waals surface area contributed by atoms with Crippen LogP contribution in [0.2, 0.25) is 0 Å². The molecule has 1 amide bonds. The molecule has 0 saturated heterocycles. The summed E-state index contributed by atoms with van der Waals surface area (Å²) in [4.78, 5) is 11.8. The number of halogens is 2. The molecule has 0 spiro atoms. The van der Waals surface area contributed by atoms with Gasteiger partial charge in [-0.3, -0.25) is 4.79 Å². The van der Waals surface area contributed by atoms with Gasteiger partial charge in [0.15, 0.2) is 0 Å². The Balaban J connectivity index is 2.79. The van der Waals surface area contributed by atoms with Gasteiger partial charge in [-0.1, -0.05) is 13.8 Å². The molecule has 0 radical (unpaired) electrons. The van der Waals surface area contributed by atoms with E-state index in [1.165, 1.54) is 6.07 Å². The zero-order valence-corrected chi connectivity index (χ0v) is 12.3. The minimum absolute atomic E-state index is 0.284. The van der Waals surface area contributed by atoms with Gasteiger partial charge in [0.25, 0.3) is 0 Å². The first-order chi connectivity index (χ1) is 8.31. The highest BCUT2D eigenvalue weighted by molar-refractivity contribution is 9.10. The monoisotopic (exact) mass is 316 g/mol. The molecule has 1 rings (SSSR count). The van der Waals surface area contributed by atoms with Gasteiger partial charge in [-0.05, 0) is 52.9 Å². The minimum Gasteiger partial charge on any atom is -0.324 e.